The molecule has 0 saturated carbocycles. The quantitative estimate of drug-likeness (QED) is 0.409. The Morgan fingerprint density at radius 3 is 2.39 bits per heavy atom. The number of rotatable bonds is 3. The second kappa shape index (κ2) is 7.43. The van der Waals surface area contributed by atoms with E-state index in [0.29, 0.717) is 37.8 Å². The largest absolute Gasteiger partial charge is 0.436 e. The molecule has 0 amide bonds. The number of aryl methyl sites for hydroxylation is 1. The average molecular weight is 433 g/mol. The van der Waals surface area contributed by atoms with Crippen molar-refractivity contribution in [3.8, 4) is 22.8 Å². The summed E-state index contributed by atoms with van der Waals surface area (Å²) in [5.41, 5.74) is 1.62. The third-order valence-electron chi connectivity index (χ3n) is 4.17. The number of aromatic nitrogens is 3. The smallest absolute Gasteiger partial charge is 0.281 e. The lowest BCUT2D eigenvalue weighted by Crippen LogP contribution is -2.14. The van der Waals surface area contributed by atoms with Crippen LogP contribution in [0.15, 0.2) is 59.7 Å². The first-order chi connectivity index (χ1) is 13.5. The molecule has 28 heavy (non-hydrogen) atoms. The van der Waals surface area contributed by atoms with E-state index < -0.39 is 5.56 Å². The third kappa shape index (κ3) is 3.33. The van der Waals surface area contributed by atoms with E-state index in [4.69, 9.17) is 39.5 Å². The normalized spacial score (nSPS) is 11.0. The van der Waals surface area contributed by atoms with E-state index in [1.165, 1.54) is 10.8 Å². The standard InChI is InChI=1S/C20H12Cl3N3O2/c1-11-4-2-7-15(19(11)23)28-16-9-8-14-18(20(27)24-10-26(14)25-16)17-12(21)5-3-6-13(17)22/h2-10H,1H3. The fourth-order valence-corrected chi connectivity index (χ4v) is 3.58. The van der Waals surface area contributed by atoms with E-state index in [1.54, 1.807) is 36.4 Å². The predicted molar refractivity (Wildman–Crippen MR) is 111 cm³/mol. The van der Waals surface area contributed by atoms with E-state index in [-0.39, 0.29) is 5.56 Å². The van der Waals surface area contributed by atoms with Crippen LogP contribution in [-0.2, 0) is 0 Å². The number of nitrogens with zero attached hydrogens (tertiary/aromatic N) is 3. The molecule has 0 atom stereocenters. The summed E-state index contributed by atoms with van der Waals surface area (Å²) < 4.78 is 7.24. The van der Waals surface area contributed by atoms with Crippen molar-refractivity contribution in [3.63, 3.8) is 0 Å². The first-order valence-electron chi connectivity index (χ1n) is 8.22. The molecule has 0 N–H and O–H groups in total. The summed E-state index contributed by atoms with van der Waals surface area (Å²) in [7, 11) is 0. The van der Waals surface area contributed by atoms with Crippen LogP contribution in [-0.4, -0.2) is 14.6 Å². The maximum absolute atomic E-state index is 12.5. The Bertz CT molecular complexity index is 1250. The molecule has 0 unspecified atom stereocenters. The predicted octanol–water partition coefficient (Wildman–Crippen LogP) is 5.82. The van der Waals surface area contributed by atoms with Crippen LogP contribution < -0.4 is 10.3 Å². The zero-order valence-corrected chi connectivity index (χ0v) is 16.8. The molecule has 5 nitrogen and oxygen atoms in total. The molecule has 0 aliphatic carbocycles. The summed E-state index contributed by atoms with van der Waals surface area (Å²) >= 11 is 18.9. The van der Waals surface area contributed by atoms with Gasteiger partial charge in [0.2, 0.25) is 5.88 Å². The summed E-state index contributed by atoms with van der Waals surface area (Å²) in [6.45, 7) is 1.89. The lowest BCUT2D eigenvalue weighted by Gasteiger charge is -2.12. The molecule has 0 aliphatic heterocycles. The molecule has 0 saturated heterocycles. The van der Waals surface area contributed by atoms with E-state index in [9.17, 15) is 4.79 Å². The number of ether oxygens (including phenoxy) is 1. The highest BCUT2D eigenvalue weighted by molar-refractivity contribution is 6.39. The maximum Gasteiger partial charge on any atom is 0.281 e. The summed E-state index contributed by atoms with van der Waals surface area (Å²) in [5, 5.41) is 5.59. The Hall–Kier alpha value is -2.60. The Morgan fingerprint density at radius 1 is 0.929 bits per heavy atom. The molecule has 0 spiro atoms. The average Bonchev–Trinajstić information content (AvgIpc) is 2.67. The van der Waals surface area contributed by atoms with Crippen molar-refractivity contribution < 1.29 is 4.74 Å². The lowest BCUT2D eigenvalue weighted by atomic mass is 10.1. The second-order valence-electron chi connectivity index (χ2n) is 6.01. The van der Waals surface area contributed by atoms with Gasteiger partial charge in [0, 0.05) is 11.6 Å². The second-order valence-corrected chi connectivity index (χ2v) is 7.20. The summed E-state index contributed by atoms with van der Waals surface area (Å²) in [6, 6.07) is 13.9. The van der Waals surface area contributed by atoms with Crippen molar-refractivity contribution in [1.29, 1.82) is 0 Å². The monoisotopic (exact) mass is 431 g/mol. The fourth-order valence-electron chi connectivity index (χ4n) is 2.83. The van der Waals surface area contributed by atoms with E-state index in [0.717, 1.165) is 5.56 Å². The minimum Gasteiger partial charge on any atom is -0.436 e. The number of fused-ring (bicyclic) bond motifs is 1. The van der Waals surface area contributed by atoms with Gasteiger partial charge in [0.15, 0.2) is 0 Å². The Morgan fingerprint density at radius 2 is 1.64 bits per heavy atom. The van der Waals surface area contributed by atoms with Crippen LogP contribution in [0.25, 0.3) is 16.6 Å². The zero-order valence-electron chi connectivity index (χ0n) is 14.5. The Balaban J connectivity index is 1.86. The van der Waals surface area contributed by atoms with Crippen molar-refractivity contribution in [3.05, 3.63) is 85.8 Å². The summed E-state index contributed by atoms with van der Waals surface area (Å²) in [6.07, 6.45) is 1.32. The molecule has 2 aromatic heterocycles. The SMILES string of the molecule is Cc1cccc(Oc2ccc3c(-c4c(Cl)cccc4Cl)c(=O)ncn3n2)c1Cl. The Labute approximate surface area is 175 Å². The molecule has 2 aromatic carbocycles. The van der Waals surface area contributed by atoms with Crippen molar-refractivity contribution >= 4 is 40.3 Å². The molecule has 4 aromatic rings. The van der Waals surface area contributed by atoms with Gasteiger partial charge in [-0.2, -0.15) is 4.98 Å². The van der Waals surface area contributed by atoms with Crippen molar-refractivity contribution in [2.45, 2.75) is 6.92 Å². The van der Waals surface area contributed by atoms with Gasteiger partial charge in [0.1, 0.15) is 12.1 Å². The minimum absolute atomic E-state index is 0.269. The molecule has 0 radical (unpaired) electrons. The molecule has 4 rings (SSSR count). The van der Waals surface area contributed by atoms with Gasteiger partial charge in [-0.3, -0.25) is 4.79 Å². The highest BCUT2D eigenvalue weighted by Gasteiger charge is 2.17. The highest BCUT2D eigenvalue weighted by Crippen LogP contribution is 2.35. The van der Waals surface area contributed by atoms with Crippen LogP contribution in [0.5, 0.6) is 11.6 Å². The van der Waals surface area contributed by atoms with Gasteiger partial charge < -0.3 is 4.74 Å². The van der Waals surface area contributed by atoms with Crippen LogP contribution in [0, 0.1) is 6.92 Å². The van der Waals surface area contributed by atoms with Crippen molar-refractivity contribution in [1.82, 2.24) is 14.6 Å². The third-order valence-corrected chi connectivity index (χ3v) is 5.29. The first-order valence-corrected chi connectivity index (χ1v) is 9.35. The fraction of sp³-hybridized carbons (Fsp3) is 0.0500. The van der Waals surface area contributed by atoms with Crippen LogP contribution >= 0.6 is 34.8 Å². The zero-order chi connectivity index (χ0) is 19.8. The maximum atomic E-state index is 12.5. The number of benzene rings is 2. The van der Waals surface area contributed by atoms with E-state index >= 15 is 0 Å². The van der Waals surface area contributed by atoms with Crippen LogP contribution in [0.3, 0.4) is 0 Å². The van der Waals surface area contributed by atoms with Gasteiger partial charge in [-0.05, 0) is 36.8 Å². The number of hydrogen-bond donors (Lipinski definition) is 0. The number of halogens is 3. The first kappa shape index (κ1) is 18.7. The summed E-state index contributed by atoms with van der Waals surface area (Å²) in [5.74, 6) is 0.776. The van der Waals surface area contributed by atoms with Gasteiger partial charge in [0.25, 0.3) is 5.56 Å². The molecule has 8 heteroatoms. The molecule has 0 aliphatic rings. The lowest BCUT2D eigenvalue weighted by molar-refractivity contribution is 0.452. The molecule has 0 fully saturated rings. The molecule has 0 bridgehead atoms. The van der Waals surface area contributed by atoms with Gasteiger partial charge in [-0.1, -0.05) is 53.0 Å². The van der Waals surface area contributed by atoms with Crippen molar-refractivity contribution in [2.24, 2.45) is 0 Å². The molecule has 140 valence electrons. The van der Waals surface area contributed by atoms with Gasteiger partial charge in [-0.25, -0.2) is 4.52 Å². The topological polar surface area (TPSA) is 56.5 Å². The summed E-state index contributed by atoms with van der Waals surface area (Å²) in [4.78, 5) is 16.4. The van der Waals surface area contributed by atoms with Crippen molar-refractivity contribution in [2.75, 3.05) is 0 Å². The van der Waals surface area contributed by atoms with Crippen LogP contribution in [0.1, 0.15) is 5.56 Å². The van der Waals surface area contributed by atoms with Gasteiger partial charge in [0.05, 0.1) is 26.1 Å². The molecular weight excluding hydrogens is 421 g/mol. The van der Waals surface area contributed by atoms with Crippen LogP contribution in [0.4, 0.5) is 0 Å². The van der Waals surface area contributed by atoms with Gasteiger partial charge in [-0.15, -0.1) is 5.10 Å². The Kier molecular flexibility index (Phi) is 4.98. The van der Waals surface area contributed by atoms with E-state index in [1.807, 2.05) is 19.1 Å². The van der Waals surface area contributed by atoms with E-state index in [2.05, 4.69) is 10.1 Å². The molecule has 2 heterocycles. The van der Waals surface area contributed by atoms with Gasteiger partial charge >= 0.3 is 0 Å². The molecular formula is C20H12Cl3N3O2. The minimum atomic E-state index is -0.452. The highest BCUT2D eigenvalue weighted by atomic mass is 35.5. The van der Waals surface area contributed by atoms with Crippen LogP contribution in [0.2, 0.25) is 15.1 Å². The number of hydrogen-bond acceptors (Lipinski definition) is 4.